The highest BCUT2D eigenvalue weighted by Crippen LogP contribution is 2.30. The van der Waals surface area contributed by atoms with Gasteiger partial charge in [0.15, 0.2) is 0 Å². The predicted molar refractivity (Wildman–Crippen MR) is 154 cm³/mol. The quantitative estimate of drug-likeness (QED) is 0.261. The van der Waals surface area contributed by atoms with Crippen LogP contribution in [0.4, 0.5) is 16.2 Å². The number of sulfonamides is 1. The maximum absolute atomic E-state index is 13.4. The van der Waals surface area contributed by atoms with E-state index in [0.29, 0.717) is 23.5 Å². The molecule has 0 saturated carbocycles. The van der Waals surface area contributed by atoms with Crippen LogP contribution in [0.2, 0.25) is 0 Å². The minimum atomic E-state index is -3.87. The van der Waals surface area contributed by atoms with Crippen molar-refractivity contribution in [3.8, 4) is 11.1 Å². The van der Waals surface area contributed by atoms with Crippen LogP contribution in [-0.2, 0) is 23.1 Å². The first-order valence-corrected chi connectivity index (χ1v) is 14.4. The van der Waals surface area contributed by atoms with Crippen molar-refractivity contribution in [3.05, 3.63) is 108 Å². The van der Waals surface area contributed by atoms with Crippen LogP contribution in [0, 0.1) is 0 Å². The molecule has 0 atom stereocenters. The van der Waals surface area contributed by atoms with Crippen molar-refractivity contribution >= 4 is 27.4 Å². The summed E-state index contributed by atoms with van der Waals surface area (Å²) < 4.78 is 29.5. The summed E-state index contributed by atoms with van der Waals surface area (Å²) in [4.78, 5) is 18.9. The molecule has 1 fully saturated rings. The van der Waals surface area contributed by atoms with Crippen LogP contribution in [0.15, 0.2) is 102 Å². The van der Waals surface area contributed by atoms with Crippen molar-refractivity contribution in [1.29, 1.82) is 0 Å². The van der Waals surface area contributed by atoms with Crippen LogP contribution in [0.3, 0.4) is 0 Å². The summed E-state index contributed by atoms with van der Waals surface area (Å²) in [5, 5.41) is 5.51. The van der Waals surface area contributed by atoms with Gasteiger partial charge in [0.05, 0.1) is 4.90 Å². The smallest absolute Gasteiger partial charge is 0.319 e. The zero-order chi connectivity index (χ0) is 27.1. The third-order valence-electron chi connectivity index (χ3n) is 6.59. The maximum atomic E-state index is 13.4. The number of carbonyl (C=O) groups is 1. The fourth-order valence-corrected chi connectivity index (χ4v) is 5.96. The Bertz CT molecular complexity index is 1520. The number of amides is 2. The van der Waals surface area contributed by atoms with Gasteiger partial charge in [0.2, 0.25) is 0 Å². The zero-order valence-corrected chi connectivity index (χ0v) is 22.3. The molecule has 0 bridgehead atoms. The molecule has 1 saturated heterocycles. The summed E-state index contributed by atoms with van der Waals surface area (Å²) in [5.74, 6) is 0. The van der Waals surface area contributed by atoms with E-state index in [2.05, 4.69) is 37.4 Å². The van der Waals surface area contributed by atoms with Gasteiger partial charge in [0, 0.05) is 42.4 Å². The summed E-state index contributed by atoms with van der Waals surface area (Å²) >= 11 is 0. The second-order valence-electron chi connectivity index (χ2n) is 9.53. The Labute approximate surface area is 229 Å². The molecular weight excluding hydrogens is 510 g/mol. The third kappa shape index (κ3) is 7.01. The van der Waals surface area contributed by atoms with E-state index in [1.165, 1.54) is 18.4 Å². The van der Waals surface area contributed by atoms with Gasteiger partial charge in [0.25, 0.3) is 10.0 Å². The Morgan fingerprint density at radius 1 is 0.846 bits per heavy atom. The van der Waals surface area contributed by atoms with Crippen molar-refractivity contribution in [2.24, 2.45) is 0 Å². The lowest BCUT2D eigenvalue weighted by Crippen LogP contribution is -2.28. The van der Waals surface area contributed by atoms with Gasteiger partial charge in [-0.25, -0.2) is 13.2 Å². The number of hydrogen-bond acceptors (Lipinski definition) is 5. The molecule has 3 N–H and O–H groups in total. The van der Waals surface area contributed by atoms with E-state index in [4.69, 9.17) is 0 Å². The molecule has 39 heavy (non-hydrogen) atoms. The van der Waals surface area contributed by atoms with Gasteiger partial charge in [0.1, 0.15) is 0 Å². The SMILES string of the molecule is O=C(NCc1cccnc1)Nc1ccc(NS(=O)(=O)c2ccccc2-c2cccc(CN3CCCC3)c2)cc1. The lowest BCUT2D eigenvalue weighted by molar-refractivity contribution is 0.251. The molecule has 8 nitrogen and oxygen atoms in total. The van der Waals surface area contributed by atoms with E-state index in [9.17, 15) is 13.2 Å². The Kier molecular flexibility index (Phi) is 8.19. The van der Waals surface area contributed by atoms with E-state index in [0.717, 1.165) is 30.8 Å². The highest BCUT2D eigenvalue weighted by atomic mass is 32.2. The molecule has 9 heteroatoms. The van der Waals surface area contributed by atoms with E-state index >= 15 is 0 Å². The van der Waals surface area contributed by atoms with Crippen molar-refractivity contribution in [3.63, 3.8) is 0 Å². The van der Waals surface area contributed by atoms with Crippen LogP contribution < -0.4 is 15.4 Å². The van der Waals surface area contributed by atoms with Crippen molar-refractivity contribution in [2.45, 2.75) is 30.8 Å². The van der Waals surface area contributed by atoms with Crippen LogP contribution in [-0.4, -0.2) is 37.4 Å². The zero-order valence-electron chi connectivity index (χ0n) is 21.5. The number of urea groups is 1. The summed E-state index contributed by atoms with van der Waals surface area (Å²) in [5.41, 5.74) is 4.50. The molecule has 0 spiro atoms. The first kappa shape index (κ1) is 26.4. The predicted octanol–water partition coefficient (Wildman–Crippen LogP) is 5.47. The second kappa shape index (κ2) is 12.1. The monoisotopic (exact) mass is 541 g/mol. The summed E-state index contributed by atoms with van der Waals surface area (Å²) in [6.45, 7) is 3.41. The van der Waals surface area contributed by atoms with Crippen molar-refractivity contribution in [2.75, 3.05) is 23.1 Å². The lowest BCUT2D eigenvalue weighted by atomic mass is 10.0. The van der Waals surface area contributed by atoms with E-state index in [-0.39, 0.29) is 10.9 Å². The Hall–Kier alpha value is -4.21. The first-order valence-electron chi connectivity index (χ1n) is 12.9. The highest BCUT2D eigenvalue weighted by molar-refractivity contribution is 7.92. The first-order chi connectivity index (χ1) is 19.0. The number of nitrogens with one attached hydrogen (secondary N) is 3. The highest BCUT2D eigenvalue weighted by Gasteiger charge is 2.20. The van der Waals surface area contributed by atoms with Crippen LogP contribution in [0.25, 0.3) is 11.1 Å². The number of benzene rings is 3. The standard InChI is InChI=1S/C30H31N5O3S/c36-30(32-21-24-8-6-16-31-20-24)33-26-12-14-27(15-13-26)34-39(37,38)29-11-2-1-10-28(29)25-9-5-7-23(19-25)22-35-17-3-4-18-35/h1-2,5-16,19-20,34H,3-4,17-18,21-22H2,(H2,32,33,36). The molecule has 0 aliphatic carbocycles. The molecule has 5 rings (SSSR count). The number of pyridine rings is 1. The van der Waals surface area contributed by atoms with Crippen LogP contribution >= 0.6 is 0 Å². The average molecular weight is 542 g/mol. The molecule has 1 aliphatic rings. The molecule has 200 valence electrons. The van der Waals surface area contributed by atoms with E-state index < -0.39 is 10.0 Å². The summed E-state index contributed by atoms with van der Waals surface area (Å²) in [6.07, 6.45) is 5.81. The van der Waals surface area contributed by atoms with Crippen molar-refractivity contribution < 1.29 is 13.2 Å². The van der Waals surface area contributed by atoms with E-state index in [1.54, 1.807) is 54.9 Å². The minimum Gasteiger partial charge on any atom is -0.334 e. The van der Waals surface area contributed by atoms with Gasteiger partial charge in [-0.05, 0) is 85.1 Å². The van der Waals surface area contributed by atoms with Crippen LogP contribution in [0.1, 0.15) is 24.0 Å². The number of carbonyl (C=O) groups excluding carboxylic acids is 1. The Morgan fingerprint density at radius 3 is 2.36 bits per heavy atom. The lowest BCUT2D eigenvalue weighted by Gasteiger charge is -2.16. The normalized spacial score (nSPS) is 13.6. The fraction of sp³-hybridized carbons (Fsp3) is 0.200. The number of hydrogen-bond donors (Lipinski definition) is 3. The van der Waals surface area contributed by atoms with Gasteiger partial charge in [-0.3, -0.25) is 14.6 Å². The molecule has 4 aromatic rings. The second-order valence-corrected chi connectivity index (χ2v) is 11.2. The van der Waals surface area contributed by atoms with Gasteiger partial charge < -0.3 is 10.6 Å². The molecule has 2 amide bonds. The number of nitrogens with zero attached hydrogens (tertiary/aromatic N) is 2. The van der Waals surface area contributed by atoms with Gasteiger partial charge in [-0.15, -0.1) is 0 Å². The topological polar surface area (TPSA) is 103 Å². The van der Waals surface area contributed by atoms with Gasteiger partial charge in [-0.1, -0.05) is 42.5 Å². The molecule has 1 aromatic heterocycles. The Morgan fingerprint density at radius 2 is 1.59 bits per heavy atom. The Balaban J connectivity index is 1.26. The number of rotatable bonds is 9. The fourth-order valence-electron chi connectivity index (χ4n) is 4.67. The molecule has 1 aliphatic heterocycles. The number of aromatic nitrogens is 1. The molecule has 0 unspecified atom stereocenters. The number of anilines is 2. The molecular formula is C30H31N5O3S. The number of likely N-dealkylation sites (tertiary alicyclic amines) is 1. The summed E-state index contributed by atoms with van der Waals surface area (Å²) in [6, 6.07) is 25.0. The largest absolute Gasteiger partial charge is 0.334 e. The average Bonchev–Trinajstić information content (AvgIpc) is 3.47. The van der Waals surface area contributed by atoms with Crippen LogP contribution in [0.5, 0.6) is 0 Å². The van der Waals surface area contributed by atoms with E-state index in [1.807, 2.05) is 30.3 Å². The molecule has 3 aromatic carbocycles. The third-order valence-corrected chi connectivity index (χ3v) is 8.03. The van der Waals surface area contributed by atoms with Gasteiger partial charge in [-0.2, -0.15) is 0 Å². The minimum absolute atomic E-state index is 0.209. The molecule has 0 radical (unpaired) electrons. The molecule has 2 heterocycles. The maximum Gasteiger partial charge on any atom is 0.319 e. The summed E-state index contributed by atoms with van der Waals surface area (Å²) in [7, 11) is -3.87. The van der Waals surface area contributed by atoms with Gasteiger partial charge >= 0.3 is 6.03 Å². The van der Waals surface area contributed by atoms with Crippen molar-refractivity contribution in [1.82, 2.24) is 15.2 Å².